The number of nitrogens with two attached hydrogens (primary N) is 1. The van der Waals surface area contributed by atoms with Gasteiger partial charge < -0.3 is 20.9 Å². The Kier molecular flexibility index (Phi) is 3.50. The second-order valence-electron chi connectivity index (χ2n) is 4.37. The van der Waals surface area contributed by atoms with Crippen molar-refractivity contribution in [2.75, 3.05) is 30.8 Å². The molecule has 0 radical (unpaired) electrons. The van der Waals surface area contributed by atoms with Gasteiger partial charge in [-0.1, -0.05) is 0 Å². The van der Waals surface area contributed by atoms with Crippen molar-refractivity contribution in [3.63, 3.8) is 0 Å². The highest BCUT2D eigenvalue weighted by molar-refractivity contribution is 5.41. The zero-order valence-electron chi connectivity index (χ0n) is 9.87. The number of aliphatic hydroxyl groups is 1. The van der Waals surface area contributed by atoms with Crippen molar-refractivity contribution in [2.45, 2.75) is 18.2 Å². The minimum absolute atomic E-state index is 0.0285. The van der Waals surface area contributed by atoms with Crippen molar-refractivity contribution in [1.29, 1.82) is 0 Å². The van der Waals surface area contributed by atoms with E-state index in [2.05, 4.69) is 15.3 Å². The number of nitrogens with one attached hydrogen (secondary N) is 1. The normalized spacial score (nSPS) is 23.6. The average Bonchev–Trinajstić information content (AvgIpc) is 2.72. The second-order valence-corrected chi connectivity index (χ2v) is 4.37. The standard InChI is InChI=1S/C10H13F3N4O2/c11-10(12,13)6-3-7(17-8(14)16-6)15-4-9(18)1-2-19-5-9/h3,18H,1-2,4-5H2,(H3,14,15,16,17). The van der Waals surface area contributed by atoms with Gasteiger partial charge in [-0.3, -0.25) is 0 Å². The number of alkyl halides is 3. The predicted octanol–water partition coefficient (Wildman–Crippen LogP) is 0.641. The highest BCUT2D eigenvalue weighted by Crippen LogP contribution is 2.29. The van der Waals surface area contributed by atoms with Crippen LogP contribution in [0.3, 0.4) is 0 Å². The summed E-state index contributed by atoms with van der Waals surface area (Å²) < 4.78 is 42.6. The van der Waals surface area contributed by atoms with Crippen LogP contribution in [0.1, 0.15) is 12.1 Å². The number of ether oxygens (including phenoxy) is 1. The van der Waals surface area contributed by atoms with E-state index in [1.165, 1.54) is 0 Å². The maximum absolute atomic E-state index is 12.5. The highest BCUT2D eigenvalue weighted by Gasteiger charge is 2.35. The first-order valence-electron chi connectivity index (χ1n) is 5.54. The molecule has 0 spiro atoms. The Morgan fingerprint density at radius 1 is 1.47 bits per heavy atom. The summed E-state index contributed by atoms with van der Waals surface area (Å²) in [6.07, 6.45) is -4.19. The summed E-state index contributed by atoms with van der Waals surface area (Å²) in [5.74, 6) is -0.563. The van der Waals surface area contributed by atoms with Gasteiger partial charge in [0, 0.05) is 25.6 Å². The number of nitrogens with zero attached hydrogens (tertiary/aromatic N) is 2. The van der Waals surface area contributed by atoms with Crippen LogP contribution in [0.2, 0.25) is 0 Å². The van der Waals surface area contributed by atoms with Crippen LogP contribution >= 0.6 is 0 Å². The van der Waals surface area contributed by atoms with Crippen LogP contribution in [0, 0.1) is 0 Å². The minimum Gasteiger partial charge on any atom is -0.386 e. The molecule has 1 unspecified atom stereocenters. The third-order valence-corrected chi connectivity index (χ3v) is 2.71. The molecule has 19 heavy (non-hydrogen) atoms. The Morgan fingerprint density at radius 2 is 2.21 bits per heavy atom. The van der Waals surface area contributed by atoms with Gasteiger partial charge in [0.25, 0.3) is 0 Å². The molecule has 1 aromatic heterocycles. The third-order valence-electron chi connectivity index (χ3n) is 2.71. The second kappa shape index (κ2) is 4.82. The van der Waals surface area contributed by atoms with Gasteiger partial charge in [0.2, 0.25) is 5.95 Å². The van der Waals surface area contributed by atoms with Crippen LogP contribution in [-0.2, 0) is 10.9 Å². The first-order valence-corrected chi connectivity index (χ1v) is 5.54. The summed E-state index contributed by atoms with van der Waals surface area (Å²) in [6.45, 7) is 0.575. The van der Waals surface area contributed by atoms with Crippen LogP contribution in [0.25, 0.3) is 0 Å². The van der Waals surface area contributed by atoms with Crippen molar-refractivity contribution >= 4 is 11.8 Å². The highest BCUT2D eigenvalue weighted by atomic mass is 19.4. The van der Waals surface area contributed by atoms with E-state index in [9.17, 15) is 18.3 Å². The molecule has 1 atom stereocenters. The lowest BCUT2D eigenvalue weighted by molar-refractivity contribution is -0.141. The van der Waals surface area contributed by atoms with Crippen molar-refractivity contribution in [2.24, 2.45) is 0 Å². The van der Waals surface area contributed by atoms with E-state index in [4.69, 9.17) is 10.5 Å². The average molecular weight is 278 g/mol. The predicted molar refractivity (Wildman–Crippen MR) is 60.3 cm³/mol. The van der Waals surface area contributed by atoms with Crippen LogP contribution in [0.4, 0.5) is 24.9 Å². The Balaban J connectivity index is 2.10. The molecule has 106 valence electrons. The van der Waals surface area contributed by atoms with Crippen LogP contribution in [0.5, 0.6) is 0 Å². The summed E-state index contributed by atoms with van der Waals surface area (Å²) in [4.78, 5) is 6.76. The molecule has 0 bridgehead atoms. The van der Waals surface area contributed by atoms with Gasteiger partial charge in [-0.15, -0.1) is 0 Å². The van der Waals surface area contributed by atoms with E-state index in [0.29, 0.717) is 13.0 Å². The molecule has 1 aromatic rings. The Morgan fingerprint density at radius 3 is 2.79 bits per heavy atom. The van der Waals surface area contributed by atoms with E-state index in [1.54, 1.807) is 0 Å². The molecule has 0 saturated carbocycles. The fraction of sp³-hybridized carbons (Fsp3) is 0.600. The largest absolute Gasteiger partial charge is 0.433 e. The molecule has 9 heteroatoms. The molecule has 0 aromatic carbocycles. The number of anilines is 2. The van der Waals surface area contributed by atoms with Gasteiger partial charge >= 0.3 is 6.18 Å². The Hall–Kier alpha value is -1.61. The number of rotatable bonds is 3. The smallest absolute Gasteiger partial charge is 0.386 e. The van der Waals surface area contributed by atoms with Gasteiger partial charge in [0.1, 0.15) is 11.4 Å². The van der Waals surface area contributed by atoms with E-state index in [0.717, 1.165) is 6.07 Å². The quantitative estimate of drug-likeness (QED) is 0.751. The van der Waals surface area contributed by atoms with Crippen LogP contribution in [0.15, 0.2) is 6.07 Å². The molecule has 0 aliphatic carbocycles. The molecular weight excluding hydrogens is 265 g/mol. The number of aromatic nitrogens is 2. The topological polar surface area (TPSA) is 93.3 Å². The molecule has 0 amide bonds. The van der Waals surface area contributed by atoms with Crippen LogP contribution < -0.4 is 11.1 Å². The van der Waals surface area contributed by atoms with Gasteiger partial charge in [-0.05, 0) is 0 Å². The Bertz CT molecular complexity index is 461. The van der Waals surface area contributed by atoms with E-state index in [1.807, 2.05) is 0 Å². The molecule has 1 aliphatic heterocycles. The molecular formula is C10H13F3N4O2. The molecule has 1 saturated heterocycles. The molecule has 4 N–H and O–H groups in total. The first-order chi connectivity index (χ1) is 8.78. The monoisotopic (exact) mass is 278 g/mol. The fourth-order valence-corrected chi connectivity index (χ4v) is 1.69. The zero-order valence-corrected chi connectivity index (χ0v) is 9.87. The lowest BCUT2D eigenvalue weighted by Crippen LogP contribution is -2.37. The zero-order chi connectivity index (χ0) is 14.1. The van der Waals surface area contributed by atoms with Gasteiger partial charge in [-0.25, -0.2) is 4.98 Å². The summed E-state index contributed by atoms with van der Waals surface area (Å²) in [7, 11) is 0. The summed E-state index contributed by atoms with van der Waals surface area (Å²) >= 11 is 0. The van der Waals surface area contributed by atoms with E-state index >= 15 is 0 Å². The van der Waals surface area contributed by atoms with Gasteiger partial charge in [0.15, 0.2) is 5.69 Å². The third kappa shape index (κ3) is 3.44. The number of hydrogen-bond acceptors (Lipinski definition) is 6. The molecule has 2 rings (SSSR count). The SMILES string of the molecule is Nc1nc(NCC2(O)CCOC2)cc(C(F)(F)F)n1. The van der Waals surface area contributed by atoms with Crippen molar-refractivity contribution in [3.8, 4) is 0 Å². The number of hydrogen-bond donors (Lipinski definition) is 3. The van der Waals surface area contributed by atoms with Crippen molar-refractivity contribution in [3.05, 3.63) is 11.8 Å². The first kappa shape index (κ1) is 13.8. The summed E-state index contributed by atoms with van der Waals surface area (Å²) in [6, 6.07) is 0.746. The lowest BCUT2D eigenvalue weighted by atomic mass is 10.0. The molecule has 2 heterocycles. The minimum atomic E-state index is -4.60. The van der Waals surface area contributed by atoms with Crippen molar-refractivity contribution in [1.82, 2.24) is 9.97 Å². The number of nitrogen functional groups attached to an aromatic ring is 1. The molecule has 6 nitrogen and oxygen atoms in total. The van der Waals surface area contributed by atoms with E-state index < -0.39 is 23.4 Å². The summed E-state index contributed by atoms with van der Waals surface area (Å²) in [5, 5.41) is 12.6. The maximum Gasteiger partial charge on any atom is 0.433 e. The maximum atomic E-state index is 12.5. The number of halogens is 3. The molecule has 1 fully saturated rings. The summed E-state index contributed by atoms with van der Waals surface area (Å²) in [5.41, 5.74) is 3.00. The Labute approximate surface area is 106 Å². The van der Waals surface area contributed by atoms with E-state index in [-0.39, 0.29) is 19.0 Å². The van der Waals surface area contributed by atoms with Gasteiger partial charge in [-0.2, -0.15) is 18.2 Å². The molecule has 1 aliphatic rings. The van der Waals surface area contributed by atoms with Gasteiger partial charge in [0.05, 0.1) is 6.61 Å². The lowest BCUT2D eigenvalue weighted by Gasteiger charge is -2.21. The fourth-order valence-electron chi connectivity index (χ4n) is 1.69. The van der Waals surface area contributed by atoms with Crippen molar-refractivity contribution < 1.29 is 23.0 Å². The van der Waals surface area contributed by atoms with Crippen LogP contribution in [-0.4, -0.2) is 40.4 Å².